The van der Waals surface area contributed by atoms with Crippen LogP contribution in [0.2, 0.25) is 5.02 Å². The lowest BCUT2D eigenvalue weighted by atomic mass is 10.1. The summed E-state index contributed by atoms with van der Waals surface area (Å²) in [6.45, 7) is 3.93. The molecule has 0 radical (unpaired) electrons. The number of aromatic nitrogens is 2. The van der Waals surface area contributed by atoms with Crippen molar-refractivity contribution in [3.05, 3.63) is 76.8 Å². The molecule has 0 bridgehead atoms. The molecule has 0 unspecified atom stereocenters. The first-order chi connectivity index (χ1) is 14.0. The summed E-state index contributed by atoms with van der Waals surface area (Å²) in [6.07, 6.45) is 0. The topological polar surface area (TPSA) is 67.0 Å². The van der Waals surface area contributed by atoms with E-state index in [0.29, 0.717) is 22.3 Å². The highest BCUT2D eigenvalue weighted by atomic mass is 35.5. The second kappa shape index (κ2) is 7.97. The van der Waals surface area contributed by atoms with Crippen molar-refractivity contribution in [1.82, 2.24) is 9.97 Å². The van der Waals surface area contributed by atoms with Gasteiger partial charge in [-0.05, 0) is 67.4 Å². The second-order valence-electron chi connectivity index (χ2n) is 6.88. The van der Waals surface area contributed by atoms with Gasteiger partial charge in [-0.25, -0.2) is 4.98 Å². The Morgan fingerprint density at radius 1 is 1.07 bits per heavy atom. The van der Waals surface area contributed by atoms with Crippen molar-refractivity contribution in [3.8, 4) is 17.1 Å². The molecule has 0 aliphatic carbocycles. The number of carbonyl (C=O) groups is 1. The van der Waals surface area contributed by atoms with Crippen molar-refractivity contribution in [1.29, 1.82) is 0 Å². The van der Waals surface area contributed by atoms with Crippen LogP contribution in [-0.2, 0) is 4.79 Å². The van der Waals surface area contributed by atoms with Crippen molar-refractivity contribution < 1.29 is 9.53 Å². The third-order valence-corrected chi connectivity index (χ3v) is 5.08. The number of amides is 1. The first-order valence-electron chi connectivity index (χ1n) is 9.24. The standard InChI is InChI=1S/C23H20ClN3O2/c1-14-7-9-17(11-15(14)2)29-13-22(28)25-21-12-16(8-10-18(21)24)23-26-19-5-3-4-6-20(19)27-23/h3-12H,13H2,1-2H3,(H,25,28)(H,26,27). The summed E-state index contributed by atoms with van der Waals surface area (Å²) in [5, 5.41) is 3.26. The van der Waals surface area contributed by atoms with Crippen LogP contribution in [0, 0.1) is 13.8 Å². The molecule has 0 atom stereocenters. The molecular weight excluding hydrogens is 386 g/mol. The molecule has 4 rings (SSSR count). The lowest BCUT2D eigenvalue weighted by Gasteiger charge is -2.11. The zero-order valence-electron chi connectivity index (χ0n) is 16.1. The predicted molar refractivity (Wildman–Crippen MR) is 117 cm³/mol. The number of hydrogen-bond donors (Lipinski definition) is 2. The maximum Gasteiger partial charge on any atom is 0.262 e. The number of aromatic amines is 1. The summed E-state index contributed by atoms with van der Waals surface area (Å²) in [6, 6.07) is 18.9. The molecule has 29 heavy (non-hydrogen) atoms. The number of aryl methyl sites for hydroxylation is 2. The van der Waals surface area contributed by atoms with Gasteiger partial charge in [0, 0.05) is 5.56 Å². The van der Waals surface area contributed by atoms with Gasteiger partial charge in [-0.1, -0.05) is 29.8 Å². The number of rotatable bonds is 5. The number of H-pyrrole nitrogens is 1. The van der Waals surface area contributed by atoms with Gasteiger partial charge >= 0.3 is 0 Å². The fourth-order valence-electron chi connectivity index (χ4n) is 3.00. The molecule has 1 aromatic heterocycles. The van der Waals surface area contributed by atoms with Crippen LogP contribution in [-0.4, -0.2) is 22.5 Å². The van der Waals surface area contributed by atoms with Crippen LogP contribution in [0.4, 0.5) is 5.69 Å². The number of anilines is 1. The number of hydrogen-bond acceptors (Lipinski definition) is 3. The van der Waals surface area contributed by atoms with Gasteiger partial charge in [-0.3, -0.25) is 4.79 Å². The van der Waals surface area contributed by atoms with Crippen molar-refractivity contribution >= 4 is 34.2 Å². The van der Waals surface area contributed by atoms with E-state index in [4.69, 9.17) is 16.3 Å². The fourth-order valence-corrected chi connectivity index (χ4v) is 3.16. The summed E-state index contributed by atoms with van der Waals surface area (Å²) < 4.78 is 5.60. The average Bonchev–Trinajstić information content (AvgIpc) is 3.15. The van der Waals surface area contributed by atoms with E-state index in [0.717, 1.165) is 22.2 Å². The van der Waals surface area contributed by atoms with Crippen molar-refractivity contribution in [2.45, 2.75) is 13.8 Å². The van der Waals surface area contributed by atoms with E-state index in [1.165, 1.54) is 5.56 Å². The quantitative estimate of drug-likeness (QED) is 0.459. The minimum Gasteiger partial charge on any atom is -0.484 e. The normalized spacial score (nSPS) is 10.9. The third kappa shape index (κ3) is 4.25. The van der Waals surface area contributed by atoms with Gasteiger partial charge in [0.15, 0.2) is 6.61 Å². The van der Waals surface area contributed by atoms with Gasteiger partial charge in [0.1, 0.15) is 11.6 Å². The van der Waals surface area contributed by atoms with Crippen molar-refractivity contribution in [2.75, 3.05) is 11.9 Å². The molecule has 5 nitrogen and oxygen atoms in total. The molecule has 0 spiro atoms. The highest BCUT2D eigenvalue weighted by Gasteiger charge is 2.11. The highest BCUT2D eigenvalue weighted by Crippen LogP contribution is 2.28. The van der Waals surface area contributed by atoms with E-state index >= 15 is 0 Å². The Hall–Kier alpha value is -3.31. The first kappa shape index (κ1) is 19.0. The molecule has 4 aromatic rings. The number of nitrogens with one attached hydrogen (secondary N) is 2. The molecule has 0 saturated heterocycles. The molecular formula is C23H20ClN3O2. The third-order valence-electron chi connectivity index (χ3n) is 4.75. The van der Waals surface area contributed by atoms with Gasteiger partial charge < -0.3 is 15.0 Å². The summed E-state index contributed by atoms with van der Waals surface area (Å²) >= 11 is 6.28. The molecule has 146 valence electrons. The molecule has 0 aliphatic rings. The number of carbonyl (C=O) groups excluding carboxylic acids is 1. The number of halogens is 1. The van der Waals surface area contributed by atoms with Crippen molar-refractivity contribution in [2.24, 2.45) is 0 Å². The second-order valence-corrected chi connectivity index (χ2v) is 7.29. The Balaban J connectivity index is 1.48. The van der Waals surface area contributed by atoms with E-state index in [1.54, 1.807) is 12.1 Å². The fraction of sp³-hybridized carbons (Fsp3) is 0.130. The Bertz CT molecular complexity index is 1170. The number of fused-ring (bicyclic) bond motifs is 1. The highest BCUT2D eigenvalue weighted by molar-refractivity contribution is 6.33. The molecule has 2 N–H and O–H groups in total. The molecule has 0 aliphatic heterocycles. The first-order valence-corrected chi connectivity index (χ1v) is 9.62. The smallest absolute Gasteiger partial charge is 0.262 e. The average molecular weight is 406 g/mol. The number of benzene rings is 3. The Morgan fingerprint density at radius 3 is 2.69 bits per heavy atom. The van der Waals surface area contributed by atoms with Crippen LogP contribution in [0.15, 0.2) is 60.7 Å². The number of nitrogens with zero attached hydrogens (tertiary/aromatic N) is 1. The van der Waals surface area contributed by atoms with Gasteiger partial charge in [0.05, 0.1) is 21.7 Å². The molecule has 0 fully saturated rings. The van der Waals surface area contributed by atoms with E-state index in [-0.39, 0.29) is 12.5 Å². The van der Waals surface area contributed by atoms with Crippen LogP contribution < -0.4 is 10.1 Å². The molecule has 3 aromatic carbocycles. The van der Waals surface area contributed by atoms with E-state index in [2.05, 4.69) is 15.3 Å². The van der Waals surface area contributed by atoms with Crippen molar-refractivity contribution in [3.63, 3.8) is 0 Å². The summed E-state index contributed by atoms with van der Waals surface area (Å²) in [7, 11) is 0. The van der Waals surface area contributed by atoms with Crippen LogP contribution in [0.3, 0.4) is 0 Å². The number of ether oxygens (including phenoxy) is 1. The van der Waals surface area contributed by atoms with Crippen LogP contribution in [0.1, 0.15) is 11.1 Å². The number of imidazole rings is 1. The van der Waals surface area contributed by atoms with E-state index < -0.39 is 0 Å². The number of para-hydroxylation sites is 2. The lowest BCUT2D eigenvalue weighted by molar-refractivity contribution is -0.118. The van der Waals surface area contributed by atoms with Crippen LogP contribution in [0.25, 0.3) is 22.4 Å². The monoisotopic (exact) mass is 405 g/mol. The zero-order valence-corrected chi connectivity index (χ0v) is 16.9. The molecule has 1 amide bonds. The summed E-state index contributed by atoms with van der Waals surface area (Å²) in [5.74, 6) is 1.09. The minimum absolute atomic E-state index is 0.103. The van der Waals surface area contributed by atoms with Crippen LogP contribution >= 0.6 is 11.6 Å². The van der Waals surface area contributed by atoms with Gasteiger partial charge in [0.25, 0.3) is 5.91 Å². The molecule has 6 heteroatoms. The van der Waals surface area contributed by atoms with Gasteiger partial charge in [-0.15, -0.1) is 0 Å². The minimum atomic E-state index is -0.285. The zero-order chi connectivity index (χ0) is 20.4. The SMILES string of the molecule is Cc1ccc(OCC(=O)Nc2cc(-c3nc4ccccc4[nH]3)ccc2Cl)cc1C. The van der Waals surface area contributed by atoms with Gasteiger partial charge in [0.2, 0.25) is 0 Å². The van der Waals surface area contributed by atoms with Gasteiger partial charge in [-0.2, -0.15) is 0 Å². The Labute approximate surface area is 173 Å². The summed E-state index contributed by atoms with van der Waals surface area (Å²) in [5.41, 5.74) is 5.46. The predicted octanol–water partition coefficient (Wildman–Crippen LogP) is 5.52. The molecule has 0 saturated carbocycles. The Kier molecular flexibility index (Phi) is 5.23. The summed E-state index contributed by atoms with van der Waals surface area (Å²) in [4.78, 5) is 20.2. The lowest BCUT2D eigenvalue weighted by Crippen LogP contribution is -2.20. The maximum atomic E-state index is 12.4. The van der Waals surface area contributed by atoms with E-state index in [9.17, 15) is 4.79 Å². The Morgan fingerprint density at radius 2 is 1.90 bits per heavy atom. The maximum absolute atomic E-state index is 12.4. The molecule has 1 heterocycles. The van der Waals surface area contributed by atoms with E-state index in [1.807, 2.05) is 62.4 Å². The van der Waals surface area contributed by atoms with Crippen LogP contribution in [0.5, 0.6) is 5.75 Å². The largest absolute Gasteiger partial charge is 0.484 e.